The predicted molar refractivity (Wildman–Crippen MR) is 90.5 cm³/mol. The molecule has 2 aromatic rings. The number of amides is 1. The number of halogens is 1. The number of fused-ring (bicyclic) bond motifs is 1. The number of hydrogen-bond donors (Lipinski definition) is 0. The first kappa shape index (κ1) is 17.5. The van der Waals surface area contributed by atoms with Gasteiger partial charge in [-0.15, -0.1) is 0 Å². The smallest absolute Gasteiger partial charge is 0.345 e. The first-order valence-electron chi connectivity index (χ1n) is 7.97. The second kappa shape index (κ2) is 7.30. The maximum absolute atomic E-state index is 14.1. The minimum atomic E-state index is -0.976. The Balaban J connectivity index is 1.73. The van der Waals surface area contributed by atoms with Crippen molar-refractivity contribution in [2.75, 3.05) is 18.1 Å². The Kier molecular flexibility index (Phi) is 4.92. The average Bonchev–Trinajstić information content (AvgIpc) is 2.65. The molecule has 1 aliphatic rings. The Morgan fingerprint density at radius 1 is 1.19 bits per heavy atom. The van der Waals surface area contributed by atoms with Gasteiger partial charge in [-0.2, -0.15) is 0 Å². The van der Waals surface area contributed by atoms with E-state index in [1.165, 1.54) is 35.2 Å². The van der Waals surface area contributed by atoms with E-state index in [1.807, 2.05) is 0 Å². The third kappa shape index (κ3) is 3.39. The molecule has 0 spiro atoms. The molecule has 2 aromatic carbocycles. The van der Waals surface area contributed by atoms with Gasteiger partial charge in [-0.3, -0.25) is 14.9 Å². The summed E-state index contributed by atoms with van der Waals surface area (Å²) in [7, 11) is 0. The van der Waals surface area contributed by atoms with Crippen molar-refractivity contribution in [3.63, 3.8) is 0 Å². The van der Waals surface area contributed by atoms with Gasteiger partial charge in [-0.05, 0) is 30.5 Å². The topological polar surface area (TPSA) is 89.8 Å². The van der Waals surface area contributed by atoms with Crippen LogP contribution in [-0.4, -0.2) is 30.0 Å². The minimum Gasteiger partial charge on any atom is -0.452 e. The van der Waals surface area contributed by atoms with Crippen molar-refractivity contribution in [2.24, 2.45) is 0 Å². The number of rotatable bonds is 4. The van der Waals surface area contributed by atoms with Crippen LogP contribution in [-0.2, 0) is 16.0 Å². The number of para-hydroxylation sites is 2. The quantitative estimate of drug-likeness (QED) is 0.476. The standard InChI is InChI=1S/C18H15FN2O5/c19-14-8-3-5-12-6-4-10-20(17(12)14)16(22)11-26-18(23)13-7-1-2-9-15(13)21(24)25/h1-3,5,7-9H,4,6,10-11H2. The monoisotopic (exact) mass is 358 g/mol. The van der Waals surface area contributed by atoms with Crippen LogP contribution >= 0.6 is 0 Å². The molecule has 0 saturated heterocycles. The Morgan fingerprint density at radius 3 is 2.73 bits per heavy atom. The van der Waals surface area contributed by atoms with Gasteiger partial charge in [0.1, 0.15) is 11.4 Å². The third-order valence-corrected chi connectivity index (χ3v) is 4.12. The lowest BCUT2D eigenvalue weighted by Crippen LogP contribution is -2.39. The highest BCUT2D eigenvalue weighted by molar-refractivity contribution is 5.99. The highest BCUT2D eigenvalue weighted by atomic mass is 19.1. The second-order valence-electron chi connectivity index (χ2n) is 5.75. The van der Waals surface area contributed by atoms with Gasteiger partial charge in [0.15, 0.2) is 6.61 Å². The van der Waals surface area contributed by atoms with Crippen molar-refractivity contribution in [1.29, 1.82) is 0 Å². The molecule has 0 atom stereocenters. The molecule has 1 aliphatic heterocycles. The van der Waals surface area contributed by atoms with Crippen molar-refractivity contribution in [2.45, 2.75) is 12.8 Å². The molecular formula is C18H15FN2O5. The van der Waals surface area contributed by atoms with Crippen molar-refractivity contribution in [3.8, 4) is 0 Å². The van der Waals surface area contributed by atoms with Crippen LogP contribution in [0, 0.1) is 15.9 Å². The summed E-state index contributed by atoms with van der Waals surface area (Å²) < 4.78 is 19.0. The van der Waals surface area contributed by atoms with E-state index in [2.05, 4.69) is 0 Å². The van der Waals surface area contributed by atoms with Crippen LogP contribution in [0.5, 0.6) is 0 Å². The molecule has 0 bridgehead atoms. The highest BCUT2D eigenvalue weighted by Crippen LogP contribution is 2.30. The molecular weight excluding hydrogens is 343 g/mol. The van der Waals surface area contributed by atoms with E-state index in [4.69, 9.17) is 4.74 Å². The summed E-state index contributed by atoms with van der Waals surface area (Å²) >= 11 is 0. The first-order chi connectivity index (χ1) is 12.5. The summed E-state index contributed by atoms with van der Waals surface area (Å²) in [5, 5.41) is 11.0. The van der Waals surface area contributed by atoms with E-state index >= 15 is 0 Å². The third-order valence-electron chi connectivity index (χ3n) is 4.12. The molecule has 1 heterocycles. The summed E-state index contributed by atoms with van der Waals surface area (Å²) in [5.74, 6) is -2.07. The van der Waals surface area contributed by atoms with Crippen molar-refractivity contribution in [1.82, 2.24) is 0 Å². The van der Waals surface area contributed by atoms with Gasteiger partial charge in [-0.1, -0.05) is 24.3 Å². The normalized spacial score (nSPS) is 13.0. The summed E-state index contributed by atoms with van der Waals surface area (Å²) in [6.07, 6.45) is 1.33. The van der Waals surface area contributed by atoms with E-state index in [0.29, 0.717) is 19.4 Å². The molecule has 3 rings (SSSR count). The number of nitrogens with zero attached hydrogens (tertiary/aromatic N) is 2. The largest absolute Gasteiger partial charge is 0.452 e. The van der Waals surface area contributed by atoms with Crippen molar-refractivity contribution in [3.05, 3.63) is 69.5 Å². The molecule has 0 radical (unpaired) electrons. The lowest BCUT2D eigenvalue weighted by atomic mass is 10.0. The van der Waals surface area contributed by atoms with Crippen LogP contribution in [0.3, 0.4) is 0 Å². The van der Waals surface area contributed by atoms with E-state index in [1.54, 1.807) is 12.1 Å². The maximum atomic E-state index is 14.1. The summed E-state index contributed by atoms with van der Waals surface area (Å²) in [5.41, 5.74) is 0.273. The van der Waals surface area contributed by atoms with Gasteiger partial charge in [0.25, 0.3) is 11.6 Å². The van der Waals surface area contributed by atoms with E-state index in [0.717, 1.165) is 5.56 Å². The Morgan fingerprint density at radius 2 is 1.96 bits per heavy atom. The van der Waals surface area contributed by atoms with Gasteiger partial charge in [0.2, 0.25) is 0 Å². The second-order valence-corrected chi connectivity index (χ2v) is 5.75. The fraction of sp³-hybridized carbons (Fsp3) is 0.222. The Bertz CT molecular complexity index is 884. The number of nitro benzene ring substituents is 1. The zero-order chi connectivity index (χ0) is 18.7. The minimum absolute atomic E-state index is 0.200. The van der Waals surface area contributed by atoms with Crippen LogP contribution < -0.4 is 4.90 Å². The van der Waals surface area contributed by atoms with E-state index in [-0.39, 0.29) is 11.3 Å². The van der Waals surface area contributed by atoms with E-state index < -0.39 is 34.9 Å². The Hall–Kier alpha value is -3.29. The number of ether oxygens (including phenoxy) is 1. The number of carbonyl (C=O) groups is 2. The molecule has 0 N–H and O–H groups in total. The molecule has 0 unspecified atom stereocenters. The summed E-state index contributed by atoms with van der Waals surface area (Å²) in [4.78, 5) is 36.0. The highest BCUT2D eigenvalue weighted by Gasteiger charge is 2.27. The van der Waals surface area contributed by atoms with Crippen molar-refractivity contribution >= 4 is 23.3 Å². The van der Waals surface area contributed by atoms with Crippen LogP contribution in [0.2, 0.25) is 0 Å². The molecule has 0 aliphatic carbocycles. The van der Waals surface area contributed by atoms with Gasteiger partial charge >= 0.3 is 5.97 Å². The van der Waals surface area contributed by atoms with Crippen molar-refractivity contribution < 1.29 is 23.6 Å². The number of carbonyl (C=O) groups excluding carboxylic acids is 2. The number of anilines is 1. The van der Waals surface area contributed by atoms with Crippen LogP contribution in [0.4, 0.5) is 15.8 Å². The van der Waals surface area contributed by atoms with Crippen LogP contribution in [0.15, 0.2) is 42.5 Å². The van der Waals surface area contributed by atoms with Gasteiger partial charge in [0, 0.05) is 12.6 Å². The zero-order valence-corrected chi connectivity index (χ0v) is 13.7. The predicted octanol–water partition coefficient (Wildman–Crippen LogP) is 2.87. The zero-order valence-electron chi connectivity index (χ0n) is 13.7. The van der Waals surface area contributed by atoms with Crippen LogP contribution in [0.25, 0.3) is 0 Å². The number of esters is 1. The van der Waals surface area contributed by atoms with Crippen LogP contribution in [0.1, 0.15) is 22.3 Å². The lowest BCUT2D eigenvalue weighted by Gasteiger charge is -2.29. The SMILES string of the molecule is O=C(OCC(=O)N1CCCc2cccc(F)c21)c1ccccc1[N+](=O)[O-]. The summed E-state index contributed by atoms with van der Waals surface area (Å²) in [6, 6.07) is 9.91. The number of aryl methyl sites for hydroxylation is 1. The molecule has 0 aromatic heterocycles. The fourth-order valence-corrected chi connectivity index (χ4v) is 2.94. The first-order valence-corrected chi connectivity index (χ1v) is 7.97. The summed E-state index contributed by atoms with van der Waals surface area (Å²) in [6.45, 7) is -0.311. The van der Waals surface area contributed by atoms with Gasteiger partial charge in [-0.25, -0.2) is 9.18 Å². The number of hydrogen-bond acceptors (Lipinski definition) is 5. The average molecular weight is 358 g/mol. The Labute approximate surface area is 148 Å². The fourth-order valence-electron chi connectivity index (χ4n) is 2.94. The molecule has 8 heteroatoms. The molecule has 0 saturated carbocycles. The van der Waals surface area contributed by atoms with Gasteiger partial charge < -0.3 is 9.64 Å². The van der Waals surface area contributed by atoms with E-state index in [9.17, 15) is 24.1 Å². The molecule has 134 valence electrons. The number of nitro groups is 1. The molecule has 26 heavy (non-hydrogen) atoms. The molecule has 1 amide bonds. The number of benzene rings is 2. The maximum Gasteiger partial charge on any atom is 0.345 e. The lowest BCUT2D eigenvalue weighted by molar-refractivity contribution is -0.385. The van der Waals surface area contributed by atoms with Gasteiger partial charge in [0.05, 0.1) is 10.6 Å². The molecule has 7 nitrogen and oxygen atoms in total. The molecule has 0 fully saturated rings.